The summed E-state index contributed by atoms with van der Waals surface area (Å²) >= 11 is 0. The summed E-state index contributed by atoms with van der Waals surface area (Å²) in [5, 5.41) is 13.0. The molecule has 0 heterocycles. The summed E-state index contributed by atoms with van der Waals surface area (Å²) in [6, 6.07) is 4.40. The molecule has 2 atom stereocenters. The molecule has 0 aliphatic heterocycles. The van der Waals surface area contributed by atoms with Gasteiger partial charge in [0.15, 0.2) is 6.23 Å². The molecule has 1 aromatic carbocycles. The Hall–Kier alpha value is -1.06. The van der Waals surface area contributed by atoms with Crippen molar-refractivity contribution < 1.29 is 9.84 Å². The summed E-state index contributed by atoms with van der Waals surface area (Å²) in [6.45, 7) is 12.0. The number of ether oxygens (including phenoxy) is 1. The number of rotatable bonds is 5. The zero-order chi connectivity index (χ0) is 13.9. The van der Waals surface area contributed by atoms with Gasteiger partial charge in [0, 0.05) is 6.04 Å². The fourth-order valence-electron chi connectivity index (χ4n) is 1.80. The molecule has 0 saturated carbocycles. The zero-order valence-electron chi connectivity index (χ0n) is 12.2. The molecule has 0 aliphatic carbocycles. The van der Waals surface area contributed by atoms with Crippen LogP contribution >= 0.6 is 0 Å². The minimum atomic E-state index is -0.562. The Labute approximate surface area is 110 Å². The normalized spacial score (nSPS) is 14.7. The first-order chi connectivity index (χ1) is 8.31. The van der Waals surface area contributed by atoms with E-state index in [4.69, 9.17) is 4.74 Å². The van der Waals surface area contributed by atoms with E-state index in [9.17, 15) is 5.11 Å². The molecule has 0 aliphatic rings. The highest BCUT2D eigenvalue weighted by molar-refractivity contribution is 5.41. The maximum absolute atomic E-state index is 9.75. The largest absolute Gasteiger partial charge is 0.472 e. The third kappa shape index (κ3) is 4.00. The predicted octanol–water partition coefficient (Wildman–Crippen LogP) is 2.70. The van der Waals surface area contributed by atoms with E-state index in [1.807, 2.05) is 26.8 Å². The van der Waals surface area contributed by atoms with E-state index < -0.39 is 6.10 Å². The fourth-order valence-corrected chi connectivity index (χ4v) is 1.80. The number of aliphatic hydroxyl groups is 1. The van der Waals surface area contributed by atoms with E-state index in [0.717, 1.165) is 11.3 Å². The van der Waals surface area contributed by atoms with Crippen LogP contribution in [-0.2, 0) is 0 Å². The Bertz CT molecular complexity index is 400. The van der Waals surface area contributed by atoms with Crippen LogP contribution in [0.2, 0.25) is 0 Å². The average Bonchev–Trinajstić information content (AvgIpc) is 2.23. The van der Waals surface area contributed by atoms with E-state index in [1.165, 1.54) is 11.1 Å². The average molecular weight is 251 g/mol. The standard InChI is InChI=1S/C15H25NO2/c1-9(2)16-15(13(6)17)18-14-8-11(4)10(3)7-12(14)5/h7-9,13,15-17H,1-6H3. The van der Waals surface area contributed by atoms with Crippen LogP contribution in [0.1, 0.15) is 37.5 Å². The molecule has 3 heteroatoms. The van der Waals surface area contributed by atoms with Gasteiger partial charge in [-0.05, 0) is 64.3 Å². The van der Waals surface area contributed by atoms with Gasteiger partial charge in [-0.2, -0.15) is 0 Å². The Kier molecular flexibility index (Phi) is 5.17. The fraction of sp³-hybridized carbons (Fsp3) is 0.600. The SMILES string of the molecule is Cc1cc(C)c(OC(NC(C)C)C(C)O)cc1C. The first-order valence-electron chi connectivity index (χ1n) is 6.50. The predicted molar refractivity (Wildman–Crippen MR) is 75.0 cm³/mol. The maximum atomic E-state index is 9.75. The summed E-state index contributed by atoms with van der Waals surface area (Å²) in [4.78, 5) is 0. The van der Waals surface area contributed by atoms with Gasteiger partial charge in [0.1, 0.15) is 11.9 Å². The lowest BCUT2D eigenvalue weighted by molar-refractivity contribution is 0.0214. The Balaban J connectivity index is 2.90. The lowest BCUT2D eigenvalue weighted by Crippen LogP contribution is -2.46. The van der Waals surface area contributed by atoms with Crippen molar-refractivity contribution in [1.82, 2.24) is 5.32 Å². The van der Waals surface area contributed by atoms with E-state index in [0.29, 0.717) is 0 Å². The van der Waals surface area contributed by atoms with Gasteiger partial charge in [-0.15, -0.1) is 0 Å². The second kappa shape index (κ2) is 6.21. The van der Waals surface area contributed by atoms with E-state index in [-0.39, 0.29) is 12.3 Å². The van der Waals surface area contributed by atoms with Gasteiger partial charge < -0.3 is 9.84 Å². The molecule has 102 valence electrons. The molecule has 0 saturated heterocycles. The van der Waals surface area contributed by atoms with Crippen LogP contribution in [-0.4, -0.2) is 23.5 Å². The Morgan fingerprint density at radius 2 is 1.56 bits per heavy atom. The molecular formula is C15H25NO2. The second-order valence-corrected chi connectivity index (χ2v) is 5.30. The molecule has 0 aromatic heterocycles. The van der Waals surface area contributed by atoms with Crippen LogP contribution in [0.25, 0.3) is 0 Å². The second-order valence-electron chi connectivity index (χ2n) is 5.30. The first kappa shape index (κ1) is 15.0. The van der Waals surface area contributed by atoms with Gasteiger partial charge in [0.05, 0.1) is 0 Å². The van der Waals surface area contributed by atoms with Gasteiger partial charge in [-0.1, -0.05) is 6.07 Å². The maximum Gasteiger partial charge on any atom is 0.176 e. The number of aliphatic hydroxyl groups excluding tert-OH is 1. The van der Waals surface area contributed by atoms with Gasteiger partial charge >= 0.3 is 0 Å². The van der Waals surface area contributed by atoms with Crippen molar-refractivity contribution in [1.29, 1.82) is 0 Å². The molecule has 0 fully saturated rings. The van der Waals surface area contributed by atoms with Crippen molar-refractivity contribution in [2.24, 2.45) is 0 Å². The molecule has 0 amide bonds. The smallest absolute Gasteiger partial charge is 0.176 e. The molecule has 0 radical (unpaired) electrons. The molecule has 1 aromatic rings. The Morgan fingerprint density at radius 3 is 2.06 bits per heavy atom. The third-order valence-corrected chi connectivity index (χ3v) is 2.98. The summed E-state index contributed by atoms with van der Waals surface area (Å²) in [7, 11) is 0. The molecule has 0 bridgehead atoms. The van der Waals surface area contributed by atoms with E-state index >= 15 is 0 Å². The summed E-state index contributed by atoms with van der Waals surface area (Å²) < 4.78 is 5.89. The summed E-state index contributed by atoms with van der Waals surface area (Å²) in [5.41, 5.74) is 3.55. The summed E-state index contributed by atoms with van der Waals surface area (Å²) in [5.74, 6) is 0.831. The Morgan fingerprint density at radius 1 is 1.00 bits per heavy atom. The van der Waals surface area contributed by atoms with Crippen LogP contribution in [0, 0.1) is 20.8 Å². The monoisotopic (exact) mass is 251 g/mol. The van der Waals surface area contributed by atoms with Crippen molar-refractivity contribution in [2.45, 2.75) is 59.9 Å². The molecule has 2 unspecified atom stereocenters. The molecule has 18 heavy (non-hydrogen) atoms. The molecule has 3 nitrogen and oxygen atoms in total. The molecule has 1 rings (SSSR count). The van der Waals surface area contributed by atoms with Crippen LogP contribution in [0.3, 0.4) is 0 Å². The van der Waals surface area contributed by atoms with Crippen molar-refractivity contribution >= 4 is 0 Å². The number of aryl methyl sites for hydroxylation is 3. The van der Waals surface area contributed by atoms with Gasteiger partial charge in [0.25, 0.3) is 0 Å². The highest BCUT2D eigenvalue weighted by atomic mass is 16.5. The van der Waals surface area contributed by atoms with E-state index in [2.05, 4.69) is 25.2 Å². The highest BCUT2D eigenvalue weighted by Gasteiger charge is 2.18. The summed E-state index contributed by atoms with van der Waals surface area (Å²) in [6.07, 6.45) is -0.945. The van der Waals surface area contributed by atoms with Crippen LogP contribution in [0.15, 0.2) is 12.1 Å². The minimum absolute atomic E-state index is 0.261. The lowest BCUT2D eigenvalue weighted by Gasteiger charge is -2.26. The molecule has 0 spiro atoms. The highest BCUT2D eigenvalue weighted by Crippen LogP contribution is 2.23. The van der Waals surface area contributed by atoms with Crippen LogP contribution in [0.4, 0.5) is 0 Å². The van der Waals surface area contributed by atoms with E-state index in [1.54, 1.807) is 6.92 Å². The topological polar surface area (TPSA) is 41.5 Å². The number of hydrogen-bond donors (Lipinski definition) is 2. The minimum Gasteiger partial charge on any atom is -0.472 e. The molecular weight excluding hydrogens is 226 g/mol. The van der Waals surface area contributed by atoms with Gasteiger partial charge in [-0.3, -0.25) is 5.32 Å². The van der Waals surface area contributed by atoms with Crippen LogP contribution < -0.4 is 10.1 Å². The van der Waals surface area contributed by atoms with Crippen LogP contribution in [0.5, 0.6) is 5.75 Å². The number of nitrogens with one attached hydrogen (secondary N) is 1. The van der Waals surface area contributed by atoms with Gasteiger partial charge in [-0.25, -0.2) is 0 Å². The molecule has 2 N–H and O–H groups in total. The third-order valence-electron chi connectivity index (χ3n) is 2.98. The lowest BCUT2D eigenvalue weighted by atomic mass is 10.1. The van der Waals surface area contributed by atoms with Crippen molar-refractivity contribution in [3.05, 3.63) is 28.8 Å². The van der Waals surface area contributed by atoms with Crippen molar-refractivity contribution in [3.63, 3.8) is 0 Å². The number of hydrogen-bond acceptors (Lipinski definition) is 3. The van der Waals surface area contributed by atoms with Gasteiger partial charge in [0.2, 0.25) is 0 Å². The number of benzene rings is 1. The quantitative estimate of drug-likeness (QED) is 0.791. The van der Waals surface area contributed by atoms with Crippen molar-refractivity contribution in [3.8, 4) is 5.75 Å². The zero-order valence-corrected chi connectivity index (χ0v) is 12.2. The first-order valence-corrected chi connectivity index (χ1v) is 6.50. The van der Waals surface area contributed by atoms with Crippen molar-refractivity contribution in [2.75, 3.05) is 0 Å².